The van der Waals surface area contributed by atoms with Gasteiger partial charge in [0.15, 0.2) is 0 Å². The van der Waals surface area contributed by atoms with Crippen LogP contribution in [0.25, 0.3) is 0 Å². The summed E-state index contributed by atoms with van der Waals surface area (Å²) in [4.78, 5) is 10.3. The highest BCUT2D eigenvalue weighted by Gasteiger charge is 2.06. The van der Waals surface area contributed by atoms with Gasteiger partial charge in [-0.3, -0.25) is 10.1 Å². The zero-order valence-corrected chi connectivity index (χ0v) is 12.4. The van der Waals surface area contributed by atoms with E-state index in [4.69, 9.17) is 4.74 Å². The number of nitrogens with zero attached hydrogens (tertiary/aromatic N) is 1. The number of para-hydroxylation sites is 1. The number of ether oxygens (including phenoxy) is 1. The first kappa shape index (κ1) is 16.9. The van der Waals surface area contributed by atoms with Crippen molar-refractivity contribution < 1.29 is 9.66 Å². The largest absolute Gasteiger partial charge is 0.496 e. The molecular weight excluding hydrogens is 292 g/mol. The van der Waals surface area contributed by atoms with Crippen LogP contribution in [0.2, 0.25) is 0 Å². The van der Waals surface area contributed by atoms with E-state index in [1.54, 1.807) is 19.2 Å². The summed E-state index contributed by atoms with van der Waals surface area (Å²) in [6.45, 7) is 1.21. The molecule has 0 bridgehead atoms. The zero-order valence-electron chi connectivity index (χ0n) is 11.6. The molecule has 0 saturated carbocycles. The Morgan fingerprint density at radius 2 is 1.90 bits per heavy atom. The first-order valence-corrected chi connectivity index (χ1v) is 6.26. The maximum atomic E-state index is 10.7. The molecule has 0 radical (unpaired) electrons. The van der Waals surface area contributed by atoms with Crippen molar-refractivity contribution in [2.24, 2.45) is 0 Å². The number of methoxy groups -OCH3 is 1. The lowest BCUT2D eigenvalue weighted by atomic mass is 10.1. The van der Waals surface area contributed by atoms with Crippen LogP contribution in [-0.2, 0) is 13.1 Å². The van der Waals surface area contributed by atoms with Crippen molar-refractivity contribution in [3.63, 3.8) is 0 Å². The van der Waals surface area contributed by atoms with E-state index in [2.05, 4.69) is 5.32 Å². The standard InChI is InChI=1S/C15H16N2O3.ClH/c1-20-15-8-3-2-6-13(15)11-16-10-12-5-4-7-14(9-12)17(18)19;/h2-9,16H,10-11H2,1H3;1H. The van der Waals surface area contributed by atoms with Gasteiger partial charge in [-0.25, -0.2) is 0 Å². The minimum absolute atomic E-state index is 0. The second kappa shape index (κ2) is 8.24. The van der Waals surface area contributed by atoms with Gasteiger partial charge in [-0.15, -0.1) is 12.4 Å². The average molecular weight is 309 g/mol. The lowest BCUT2D eigenvalue weighted by Gasteiger charge is -2.09. The summed E-state index contributed by atoms with van der Waals surface area (Å²) in [5.41, 5.74) is 2.05. The number of hydrogen-bond donors (Lipinski definition) is 1. The predicted octanol–water partition coefficient (Wildman–Crippen LogP) is 3.32. The molecule has 0 spiro atoms. The Bertz CT molecular complexity index is 605. The summed E-state index contributed by atoms with van der Waals surface area (Å²) >= 11 is 0. The maximum absolute atomic E-state index is 10.7. The molecule has 0 atom stereocenters. The van der Waals surface area contributed by atoms with Gasteiger partial charge >= 0.3 is 0 Å². The van der Waals surface area contributed by atoms with Gasteiger partial charge in [0, 0.05) is 30.8 Å². The Labute approximate surface area is 129 Å². The third-order valence-corrected chi connectivity index (χ3v) is 2.96. The van der Waals surface area contributed by atoms with Crippen LogP contribution in [0.3, 0.4) is 0 Å². The Morgan fingerprint density at radius 3 is 2.62 bits per heavy atom. The van der Waals surface area contributed by atoms with Gasteiger partial charge in [0.05, 0.1) is 12.0 Å². The third kappa shape index (κ3) is 4.73. The van der Waals surface area contributed by atoms with Crippen molar-refractivity contribution in [2.45, 2.75) is 13.1 Å². The molecule has 112 valence electrons. The van der Waals surface area contributed by atoms with Gasteiger partial charge in [0.2, 0.25) is 0 Å². The Kier molecular flexibility index (Phi) is 6.65. The van der Waals surface area contributed by atoms with E-state index in [9.17, 15) is 10.1 Å². The zero-order chi connectivity index (χ0) is 14.4. The average Bonchev–Trinajstić information content (AvgIpc) is 2.48. The van der Waals surface area contributed by atoms with Crippen LogP contribution in [0.4, 0.5) is 5.69 Å². The van der Waals surface area contributed by atoms with Crippen molar-refractivity contribution in [1.82, 2.24) is 5.32 Å². The van der Waals surface area contributed by atoms with E-state index in [1.165, 1.54) is 6.07 Å². The number of non-ortho nitro benzene ring substituents is 1. The van der Waals surface area contributed by atoms with Crippen LogP contribution in [0, 0.1) is 10.1 Å². The van der Waals surface area contributed by atoms with Gasteiger partial charge < -0.3 is 10.1 Å². The van der Waals surface area contributed by atoms with E-state index < -0.39 is 0 Å². The number of hydrogen-bond acceptors (Lipinski definition) is 4. The molecule has 21 heavy (non-hydrogen) atoms. The topological polar surface area (TPSA) is 64.4 Å². The molecule has 0 unspecified atom stereocenters. The van der Waals surface area contributed by atoms with Gasteiger partial charge in [0.1, 0.15) is 5.75 Å². The highest BCUT2D eigenvalue weighted by atomic mass is 35.5. The lowest BCUT2D eigenvalue weighted by molar-refractivity contribution is -0.384. The lowest BCUT2D eigenvalue weighted by Crippen LogP contribution is -2.13. The molecule has 6 heteroatoms. The fourth-order valence-electron chi connectivity index (χ4n) is 1.97. The second-order valence-electron chi connectivity index (χ2n) is 4.34. The summed E-state index contributed by atoms with van der Waals surface area (Å²) in [6.07, 6.45) is 0. The molecule has 2 rings (SSSR count). The number of nitro groups is 1. The summed E-state index contributed by atoms with van der Waals surface area (Å²) in [7, 11) is 1.64. The van der Waals surface area contributed by atoms with Crippen LogP contribution >= 0.6 is 12.4 Å². The SMILES string of the molecule is COc1ccccc1CNCc1cccc([N+](=O)[O-])c1.Cl. The molecule has 0 aliphatic heterocycles. The Morgan fingerprint density at radius 1 is 1.14 bits per heavy atom. The molecular formula is C15H17ClN2O3. The van der Waals surface area contributed by atoms with Crippen molar-refractivity contribution in [2.75, 3.05) is 7.11 Å². The number of benzene rings is 2. The summed E-state index contributed by atoms with van der Waals surface area (Å²) < 4.78 is 5.27. The van der Waals surface area contributed by atoms with Crippen molar-refractivity contribution >= 4 is 18.1 Å². The summed E-state index contributed by atoms with van der Waals surface area (Å²) in [5, 5.41) is 14.0. The van der Waals surface area contributed by atoms with E-state index in [1.807, 2.05) is 30.3 Å². The van der Waals surface area contributed by atoms with Gasteiger partial charge in [-0.1, -0.05) is 30.3 Å². The first-order valence-electron chi connectivity index (χ1n) is 6.26. The molecule has 0 aliphatic rings. The van der Waals surface area contributed by atoms with Crippen molar-refractivity contribution in [3.05, 3.63) is 69.8 Å². The molecule has 0 saturated heterocycles. The molecule has 1 N–H and O–H groups in total. The first-order chi connectivity index (χ1) is 9.70. The van der Waals surface area contributed by atoms with Crippen molar-refractivity contribution in [1.29, 1.82) is 0 Å². The van der Waals surface area contributed by atoms with E-state index in [-0.39, 0.29) is 23.0 Å². The number of halogens is 1. The summed E-state index contributed by atoms with van der Waals surface area (Å²) in [6, 6.07) is 14.4. The van der Waals surface area contributed by atoms with Crippen molar-refractivity contribution in [3.8, 4) is 5.75 Å². The highest BCUT2D eigenvalue weighted by Crippen LogP contribution is 2.17. The van der Waals surface area contributed by atoms with Gasteiger partial charge in [0.25, 0.3) is 5.69 Å². The van der Waals surface area contributed by atoms with Crippen LogP contribution in [0.15, 0.2) is 48.5 Å². The highest BCUT2D eigenvalue weighted by molar-refractivity contribution is 5.85. The molecule has 0 fully saturated rings. The minimum atomic E-state index is -0.385. The molecule has 0 aromatic heterocycles. The number of nitro benzene ring substituents is 1. The third-order valence-electron chi connectivity index (χ3n) is 2.96. The summed E-state index contributed by atoms with van der Waals surface area (Å²) in [5.74, 6) is 0.832. The normalized spacial score (nSPS) is 9.76. The number of nitrogens with one attached hydrogen (secondary N) is 1. The molecule has 0 amide bonds. The van der Waals surface area contributed by atoms with E-state index >= 15 is 0 Å². The minimum Gasteiger partial charge on any atom is -0.496 e. The van der Waals surface area contributed by atoms with Crippen LogP contribution in [0.5, 0.6) is 5.75 Å². The molecule has 2 aromatic rings. The van der Waals surface area contributed by atoms with E-state index in [0.29, 0.717) is 13.1 Å². The fourth-order valence-corrected chi connectivity index (χ4v) is 1.97. The molecule has 0 heterocycles. The quantitative estimate of drug-likeness (QED) is 0.657. The smallest absolute Gasteiger partial charge is 0.269 e. The van der Waals surface area contributed by atoms with Crippen LogP contribution in [0.1, 0.15) is 11.1 Å². The van der Waals surface area contributed by atoms with Crippen LogP contribution < -0.4 is 10.1 Å². The van der Waals surface area contributed by atoms with E-state index in [0.717, 1.165) is 16.9 Å². The molecule has 2 aromatic carbocycles. The van der Waals surface area contributed by atoms with Gasteiger partial charge in [-0.05, 0) is 11.6 Å². The predicted molar refractivity (Wildman–Crippen MR) is 83.9 cm³/mol. The van der Waals surface area contributed by atoms with Gasteiger partial charge in [-0.2, -0.15) is 0 Å². The fraction of sp³-hybridized carbons (Fsp3) is 0.200. The Hall–Kier alpha value is -2.11. The van der Waals surface area contributed by atoms with Crippen LogP contribution in [-0.4, -0.2) is 12.0 Å². The maximum Gasteiger partial charge on any atom is 0.269 e. The number of rotatable bonds is 6. The monoisotopic (exact) mass is 308 g/mol. The molecule has 5 nitrogen and oxygen atoms in total. The Balaban J connectivity index is 0.00000220. The second-order valence-corrected chi connectivity index (χ2v) is 4.34. The molecule has 0 aliphatic carbocycles.